The highest BCUT2D eigenvalue weighted by Crippen LogP contribution is 2.07. The SMILES string of the molecule is Cc1cccc(CCc2cocn2)c1. The quantitative estimate of drug-likeness (QED) is 0.738. The Labute approximate surface area is 83.6 Å². The van der Waals surface area contributed by atoms with Gasteiger partial charge in [0, 0.05) is 0 Å². The van der Waals surface area contributed by atoms with Gasteiger partial charge in [0.05, 0.1) is 5.69 Å². The van der Waals surface area contributed by atoms with Crippen LogP contribution < -0.4 is 0 Å². The van der Waals surface area contributed by atoms with Crippen LogP contribution in [-0.4, -0.2) is 4.98 Å². The molecule has 1 heterocycles. The van der Waals surface area contributed by atoms with Crippen LogP contribution in [-0.2, 0) is 12.8 Å². The van der Waals surface area contributed by atoms with Gasteiger partial charge in [0.25, 0.3) is 0 Å². The maximum absolute atomic E-state index is 4.92. The lowest BCUT2D eigenvalue weighted by Crippen LogP contribution is -1.91. The molecule has 0 atom stereocenters. The third-order valence-corrected chi connectivity index (χ3v) is 2.24. The first kappa shape index (κ1) is 9.00. The zero-order chi connectivity index (χ0) is 9.80. The minimum absolute atomic E-state index is 0.944. The van der Waals surface area contributed by atoms with E-state index in [4.69, 9.17) is 4.42 Å². The molecule has 2 aromatic rings. The van der Waals surface area contributed by atoms with Gasteiger partial charge in [-0.05, 0) is 25.3 Å². The van der Waals surface area contributed by atoms with Crippen molar-refractivity contribution in [2.24, 2.45) is 0 Å². The molecular formula is C12H13NO. The normalized spacial score (nSPS) is 10.4. The third-order valence-electron chi connectivity index (χ3n) is 2.24. The third kappa shape index (κ3) is 2.22. The van der Waals surface area contributed by atoms with Crippen molar-refractivity contribution >= 4 is 0 Å². The smallest absolute Gasteiger partial charge is 0.180 e. The van der Waals surface area contributed by atoms with E-state index in [1.807, 2.05) is 0 Å². The lowest BCUT2D eigenvalue weighted by molar-refractivity contribution is 0.556. The van der Waals surface area contributed by atoms with Crippen molar-refractivity contribution in [1.82, 2.24) is 4.98 Å². The Kier molecular flexibility index (Phi) is 2.63. The van der Waals surface area contributed by atoms with Crippen LogP contribution in [0.15, 0.2) is 41.3 Å². The molecule has 1 aromatic heterocycles. The number of hydrogen-bond donors (Lipinski definition) is 0. The summed E-state index contributed by atoms with van der Waals surface area (Å²) in [7, 11) is 0. The predicted octanol–water partition coefficient (Wildman–Crippen LogP) is 2.77. The average Bonchev–Trinajstić information content (AvgIpc) is 2.67. The Morgan fingerprint density at radius 1 is 1.29 bits per heavy atom. The summed E-state index contributed by atoms with van der Waals surface area (Å²) in [5, 5.41) is 0. The topological polar surface area (TPSA) is 26.0 Å². The molecule has 2 heteroatoms. The summed E-state index contributed by atoms with van der Waals surface area (Å²) in [4.78, 5) is 4.09. The number of oxazole rings is 1. The fourth-order valence-electron chi connectivity index (χ4n) is 1.50. The van der Waals surface area contributed by atoms with Gasteiger partial charge in [-0.3, -0.25) is 0 Å². The molecule has 14 heavy (non-hydrogen) atoms. The summed E-state index contributed by atoms with van der Waals surface area (Å²) in [5.41, 5.74) is 3.68. The summed E-state index contributed by atoms with van der Waals surface area (Å²) >= 11 is 0. The minimum atomic E-state index is 0.944. The van der Waals surface area contributed by atoms with Crippen LogP contribution in [0.5, 0.6) is 0 Å². The largest absolute Gasteiger partial charge is 0.451 e. The lowest BCUT2D eigenvalue weighted by Gasteiger charge is -1.99. The molecule has 0 N–H and O–H groups in total. The highest BCUT2D eigenvalue weighted by molar-refractivity contribution is 5.22. The van der Waals surface area contributed by atoms with Crippen molar-refractivity contribution in [2.75, 3.05) is 0 Å². The molecule has 2 nitrogen and oxygen atoms in total. The average molecular weight is 187 g/mol. The number of hydrogen-bond acceptors (Lipinski definition) is 2. The van der Waals surface area contributed by atoms with Crippen LogP contribution in [0.1, 0.15) is 16.8 Å². The second-order valence-electron chi connectivity index (χ2n) is 3.47. The van der Waals surface area contributed by atoms with Gasteiger partial charge in [-0.15, -0.1) is 0 Å². The van der Waals surface area contributed by atoms with E-state index in [0.717, 1.165) is 18.5 Å². The first-order chi connectivity index (χ1) is 6.84. The van der Waals surface area contributed by atoms with Crippen LogP contribution in [0.2, 0.25) is 0 Å². The number of nitrogens with zero attached hydrogens (tertiary/aromatic N) is 1. The van der Waals surface area contributed by atoms with Crippen LogP contribution >= 0.6 is 0 Å². The maximum atomic E-state index is 4.92. The van der Waals surface area contributed by atoms with Gasteiger partial charge in [0.1, 0.15) is 6.26 Å². The maximum Gasteiger partial charge on any atom is 0.180 e. The van der Waals surface area contributed by atoms with Crippen LogP contribution in [0.4, 0.5) is 0 Å². The van der Waals surface area contributed by atoms with E-state index in [0.29, 0.717) is 0 Å². The molecule has 72 valence electrons. The zero-order valence-corrected chi connectivity index (χ0v) is 8.23. The molecule has 0 saturated carbocycles. The van der Waals surface area contributed by atoms with E-state index in [1.165, 1.54) is 17.5 Å². The summed E-state index contributed by atoms with van der Waals surface area (Å²) in [5.74, 6) is 0. The summed E-state index contributed by atoms with van der Waals surface area (Å²) < 4.78 is 4.92. The summed E-state index contributed by atoms with van der Waals surface area (Å²) in [6, 6.07) is 8.56. The van der Waals surface area contributed by atoms with Crippen molar-refractivity contribution in [3.8, 4) is 0 Å². The monoisotopic (exact) mass is 187 g/mol. The molecule has 0 aliphatic heterocycles. The van der Waals surface area contributed by atoms with Gasteiger partial charge in [-0.1, -0.05) is 29.8 Å². The van der Waals surface area contributed by atoms with E-state index in [1.54, 1.807) is 6.26 Å². The molecule has 2 rings (SSSR count). The molecule has 0 radical (unpaired) electrons. The van der Waals surface area contributed by atoms with Gasteiger partial charge in [0.2, 0.25) is 0 Å². The fourth-order valence-corrected chi connectivity index (χ4v) is 1.50. The van der Waals surface area contributed by atoms with Crippen LogP contribution in [0.3, 0.4) is 0 Å². The Morgan fingerprint density at radius 3 is 2.93 bits per heavy atom. The molecule has 0 unspecified atom stereocenters. The minimum Gasteiger partial charge on any atom is -0.451 e. The van der Waals surface area contributed by atoms with Crippen molar-refractivity contribution in [3.63, 3.8) is 0 Å². The Bertz CT molecular complexity index is 392. The molecule has 1 aromatic carbocycles. The van der Waals surface area contributed by atoms with Crippen molar-refractivity contribution < 1.29 is 4.42 Å². The highest BCUT2D eigenvalue weighted by Gasteiger charge is 1.97. The number of benzene rings is 1. The van der Waals surface area contributed by atoms with E-state index in [-0.39, 0.29) is 0 Å². The molecule has 0 fully saturated rings. The van der Waals surface area contributed by atoms with Crippen LogP contribution in [0.25, 0.3) is 0 Å². The zero-order valence-electron chi connectivity index (χ0n) is 8.23. The summed E-state index contributed by atoms with van der Waals surface area (Å²) in [6.45, 7) is 2.11. The predicted molar refractivity (Wildman–Crippen MR) is 55.1 cm³/mol. The molecule has 0 aliphatic rings. The second kappa shape index (κ2) is 4.09. The molecule has 0 amide bonds. The highest BCUT2D eigenvalue weighted by atomic mass is 16.3. The van der Waals surface area contributed by atoms with E-state index in [2.05, 4.69) is 36.2 Å². The van der Waals surface area contributed by atoms with Crippen molar-refractivity contribution in [3.05, 3.63) is 53.7 Å². The van der Waals surface area contributed by atoms with E-state index in [9.17, 15) is 0 Å². The Hall–Kier alpha value is -1.57. The van der Waals surface area contributed by atoms with Gasteiger partial charge in [0.15, 0.2) is 6.39 Å². The fraction of sp³-hybridized carbons (Fsp3) is 0.250. The molecule has 0 saturated heterocycles. The van der Waals surface area contributed by atoms with Crippen molar-refractivity contribution in [1.29, 1.82) is 0 Å². The lowest BCUT2D eigenvalue weighted by atomic mass is 10.1. The van der Waals surface area contributed by atoms with Crippen LogP contribution in [0, 0.1) is 6.92 Å². The van der Waals surface area contributed by atoms with Gasteiger partial charge < -0.3 is 4.42 Å². The van der Waals surface area contributed by atoms with Gasteiger partial charge in [-0.25, -0.2) is 4.98 Å². The van der Waals surface area contributed by atoms with Gasteiger partial charge in [-0.2, -0.15) is 0 Å². The molecular weight excluding hydrogens is 174 g/mol. The standard InChI is InChI=1S/C12H13NO/c1-10-3-2-4-11(7-10)5-6-12-8-14-9-13-12/h2-4,7-9H,5-6H2,1H3. The summed E-state index contributed by atoms with van der Waals surface area (Å²) in [6.07, 6.45) is 5.15. The second-order valence-corrected chi connectivity index (χ2v) is 3.47. The Balaban J connectivity index is 1.98. The van der Waals surface area contributed by atoms with E-state index < -0.39 is 0 Å². The van der Waals surface area contributed by atoms with Gasteiger partial charge >= 0.3 is 0 Å². The Morgan fingerprint density at radius 2 is 2.21 bits per heavy atom. The molecule has 0 bridgehead atoms. The van der Waals surface area contributed by atoms with E-state index >= 15 is 0 Å². The first-order valence-corrected chi connectivity index (χ1v) is 4.77. The van der Waals surface area contributed by atoms with Crippen molar-refractivity contribution in [2.45, 2.75) is 19.8 Å². The molecule has 0 aliphatic carbocycles. The first-order valence-electron chi connectivity index (χ1n) is 4.77. The number of aryl methyl sites for hydroxylation is 3. The number of aromatic nitrogens is 1. The molecule has 0 spiro atoms. The number of rotatable bonds is 3.